The zero-order chi connectivity index (χ0) is 16.2. The van der Waals surface area contributed by atoms with Crippen molar-refractivity contribution in [3.63, 3.8) is 0 Å². The van der Waals surface area contributed by atoms with Gasteiger partial charge in [-0.3, -0.25) is 4.79 Å². The molecular formula is C14H18N4O4S. The summed E-state index contributed by atoms with van der Waals surface area (Å²) in [5.41, 5.74) is 0.713. The molecule has 3 rings (SSSR count). The minimum absolute atomic E-state index is 0.180. The highest BCUT2D eigenvalue weighted by Crippen LogP contribution is 2.18. The molecule has 2 aromatic rings. The second kappa shape index (κ2) is 7.18. The predicted octanol–water partition coefficient (Wildman–Crippen LogP) is 0.0443. The molecule has 1 saturated heterocycles. The second-order valence-corrected chi connectivity index (χ2v) is 6.23. The van der Waals surface area contributed by atoms with Crippen molar-refractivity contribution in [1.29, 1.82) is 0 Å². The third-order valence-electron chi connectivity index (χ3n) is 3.58. The molecule has 124 valence electrons. The van der Waals surface area contributed by atoms with Gasteiger partial charge in [0.25, 0.3) is 5.91 Å². The van der Waals surface area contributed by atoms with Crippen LogP contribution in [-0.4, -0.2) is 58.0 Å². The summed E-state index contributed by atoms with van der Waals surface area (Å²) in [6, 6.07) is 3.07. The van der Waals surface area contributed by atoms with Crippen LogP contribution in [0.1, 0.15) is 15.4 Å². The van der Waals surface area contributed by atoms with E-state index in [2.05, 4.69) is 15.6 Å². The van der Waals surface area contributed by atoms with Gasteiger partial charge in [-0.25, -0.2) is 4.68 Å². The smallest absolute Gasteiger partial charge is 0.261 e. The summed E-state index contributed by atoms with van der Waals surface area (Å²) < 4.78 is 12.2. The van der Waals surface area contributed by atoms with Crippen molar-refractivity contribution in [3.8, 4) is 0 Å². The first-order chi connectivity index (χ1) is 11.2. The van der Waals surface area contributed by atoms with Gasteiger partial charge < -0.3 is 19.9 Å². The Kier molecular flexibility index (Phi) is 5.01. The summed E-state index contributed by atoms with van der Waals surface area (Å²) >= 11 is 1.35. The molecule has 1 fully saturated rings. The molecule has 3 heterocycles. The number of methoxy groups -OCH3 is 1. The van der Waals surface area contributed by atoms with Gasteiger partial charge in [0.1, 0.15) is 17.9 Å². The highest BCUT2D eigenvalue weighted by Gasteiger charge is 2.38. The van der Waals surface area contributed by atoms with E-state index in [1.165, 1.54) is 11.3 Å². The van der Waals surface area contributed by atoms with Crippen molar-refractivity contribution in [2.75, 3.05) is 13.7 Å². The van der Waals surface area contributed by atoms with Crippen molar-refractivity contribution < 1.29 is 19.4 Å². The maximum Gasteiger partial charge on any atom is 0.261 e. The Morgan fingerprint density at radius 2 is 2.52 bits per heavy atom. The molecule has 0 radical (unpaired) electrons. The molecule has 0 aromatic carbocycles. The number of aliphatic hydroxyl groups excluding tert-OH is 1. The number of carbonyl (C=O) groups is 1. The number of hydrogen-bond donors (Lipinski definition) is 2. The number of aliphatic hydroxyl groups is 1. The molecule has 23 heavy (non-hydrogen) atoms. The van der Waals surface area contributed by atoms with Crippen molar-refractivity contribution in [2.45, 2.75) is 31.4 Å². The third-order valence-corrected chi connectivity index (χ3v) is 4.45. The Morgan fingerprint density at radius 1 is 1.65 bits per heavy atom. The zero-order valence-corrected chi connectivity index (χ0v) is 13.4. The number of nitrogens with one attached hydrogen (secondary N) is 1. The SMILES string of the molecule is COCc1cn(C[C@H]2OC[C@H](O)[C@H]2NC(=O)c2cccs2)nn1. The Bertz CT molecular complexity index is 645. The second-order valence-electron chi connectivity index (χ2n) is 5.28. The lowest BCUT2D eigenvalue weighted by Gasteiger charge is -2.21. The van der Waals surface area contributed by atoms with Crippen LogP contribution in [0, 0.1) is 0 Å². The molecule has 0 unspecified atom stereocenters. The standard InChI is InChI=1S/C14H18N4O4S/c1-21-7-9-5-18(17-16-9)6-11-13(10(19)8-22-11)15-14(20)12-3-2-4-23-12/h2-5,10-11,13,19H,6-8H2,1H3,(H,15,20)/t10-,11+,13+/m0/s1. The molecule has 8 nitrogen and oxygen atoms in total. The fourth-order valence-corrected chi connectivity index (χ4v) is 3.12. The number of amides is 1. The van der Waals surface area contributed by atoms with Crippen LogP contribution in [0.3, 0.4) is 0 Å². The summed E-state index contributed by atoms with van der Waals surface area (Å²) in [5.74, 6) is -0.210. The van der Waals surface area contributed by atoms with E-state index in [0.717, 1.165) is 0 Å². The van der Waals surface area contributed by atoms with Crippen LogP contribution in [0.2, 0.25) is 0 Å². The lowest BCUT2D eigenvalue weighted by Crippen LogP contribution is -2.47. The van der Waals surface area contributed by atoms with E-state index in [1.807, 2.05) is 11.4 Å². The lowest BCUT2D eigenvalue weighted by atomic mass is 10.1. The maximum atomic E-state index is 12.2. The molecule has 2 aromatic heterocycles. The van der Waals surface area contributed by atoms with Gasteiger partial charge in [0, 0.05) is 7.11 Å². The van der Waals surface area contributed by atoms with E-state index in [4.69, 9.17) is 9.47 Å². The Labute approximate surface area is 137 Å². The first-order valence-electron chi connectivity index (χ1n) is 7.19. The molecule has 9 heteroatoms. The van der Waals surface area contributed by atoms with Gasteiger partial charge in [0.05, 0.1) is 36.9 Å². The highest BCUT2D eigenvalue weighted by molar-refractivity contribution is 7.12. The van der Waals surface area contributed by atoms with Gasteiger partial charge in [-0.1, -0.05) is 11.3 Å². The summed E-state index contributed by atoms with van der Waals surface area (Å²) in [6.45, 7) is 0.954. The third kappa shape index (κ3) is 3.75. The average molecular weight is 338 g/mol. The normalized spacial score (nSPS) is 24.0. The van der Waals surface area contributed by atoms with Gasteiger partial charge in [-0.05, 0) is 11.4 Å². The summed E-state index contributed by atoms with van der Waals surface area (Å²) in [6.07, 6.45) is 0.646. The Hall–Kier alpha value is -1.81. The fourth-order valence-electron chi connectivity index (χ4n) is 2.49. The zero-order valence-electron chi connectivity index (χ0n) is 12.6. The number of nitrogens with zero attached hydrogens (tertiary/aromatic N) is 3. The van der Waals surface area contributed by atoms with Crippen LogP contribution < -0.4 is 5.32 Å². The number of rotatable bonds is 6. The average Bonchev–Trinajstić information content (AvgIpc) is 3.25. The minimum atomic E-state index is -0.745. The van der Waals surface area contributed by atoms with Gasteiger partial charge in [-0.15, -0.1) is 16.4 Å². The maximum absolute atomic E-state index is 12.2. The fraction of sp³-hybridized carbons (Fsp3) is 0.500. The number of carbonyl (C=O) groups excluding carboxylic acids is 1. The van der Waals surface area contributed by atoms with Crippen molar-refractivity contribution in [3.05, 3.63) is 34.3 Å². The van der Waals surface area contributed by atoms with Crippen molar-refractivity contribution in [1.82, 2.24) is 20.3 Å². The lowest BCUT2D eigenvalue weighted by molar-refractivity contribution is 0.0712. The molecule has 0 spiro atoms. The molecule has 0 aliphatic carbocycles. The molecule has 3 atom stereocenters. The largest absolute Gasteiger partial charge is 0.388 e. The monoisotopic (exact) mass is 338 g/mol. The first kappa shape index (κ1) is 16.1. The molecule has 1 aliphatic heterocycles. The number of thiophene rings is 1. The van der Waals surface area contributed by atoms with Crippen molar-refractivity contribution in [2.24, 2.45) is 0 Å². The van der Waals surface area contributed by atoms with Gasteiger partial charge in [0.2, 0.25) is 0 Å². The quantitative estimate of drug-likeness (QED) is 0.772. The number of ether oxygens (including phenoxy) is 2. The van der Waals surface area contributed by atoms with Crippen LogP contribution in [0.5, 0.6) is 0 Å². The van der Waals surface area contributed by atoms with E-state index in [1.54, 1.807) is 24.1 Å². The summed E-state index contributed by atoms with van der Waals surface area (Å²) in [5, 5.41) is 22.7. The molecule has 2 N–H and O–H groups in total. The molecular weight excluding hydrogens is 320 g/mol. The van der Waals surface area contributed by atoms with Gasteiger partial charge in [0.15, 0.2) is 0 Å². The first-order valence-corrected chi connectivity index (χ1v) is 8.07. The number of aromatic nitrogens is 3. The Morgan fingerprint density at radius 3 is 3.26 bits per heavy atom. The number of hydrogen-bond acceptors (Lipinski definition) is 7. The molecule has 0 bridgehead atoms. The molecule has 1 aliphatic rings. The van der Waals surface area contributed by atoms with Crippen LogP contribution in [0.4, 0.5) is 0 Å². The highest BCUT2D eigenvalue weighted by atomic mass is 32.1. The van der Waals surface area contributed by atoms with E-state index in [0.29, 0.717) is 23.7 Å². The summed E-state index contributed by atoms with van der Waals surface area (Å²) in [7, 11) is 1.59. The van der Waals surface area contributed by atoms with Crippen molar-refractivity contribution >= 4 is 17.2 Å². The summed E-state index contributed by atoms with van der Waals surface area (Å²) in [4.78, 5) is 12.8. The van der Waals surface area contributed by atoms with Gasteiger partial charge in [-0.2, -0.15) is 0 Å². The van der Waals surface area contributed by atoms with E-state index in [9.17, 15) is 9.90 Å². The van der Waals surface area contributed by atoms with E-state index in [-0.39, 0.29) is 18.6 Å². The van der Waals surface area contributed by atoms with E-state index < -0.39 is 12.1 Å². The van der Waals surface area contributed by atoms with Crippen LogP contribution in [0.25, 0.3) is 0 Å². The van der Waals surface area contributed by atoms with Crippen LogP contribution in [0.15, 0.2) is 23.7 Å². The topological polar surface area (TPSA) is 98.5 Å². The van der Waals surface area contributed by atoms with Crippen LogP contribution in [-0.2, 0) is 22.6 Å². The molecule has 1 amide bonds. The van der Waals surface area contributed by atoms with Crippen LogP contribution >= 0.6 is 11.3 Å². The predicted molar refractivity (Wildman–Crippen MR) is 82.1 cm³/mol. The Balaban J connectivity index is 1.64. The van der Waals surface area contributed by atoms with Gasteiger partial charge >= 0.3 is 0 Å². The van der Waals surface area contributed by atoms with E-state index >= 15 is 0 Å². The molecule has 0 saturated carbocycles. The minimum Gasteiger partial charge on any atom is -0.388 e.